The van der Waals surface area contributed by atoms with E-state index in [1.54, 1.807) is 24.3 Å². The molecule has 7 heteroatoms. The minimum atomic E-state index is -0.199. The van der Waals surface area contributed by atoms with E-state index in [-0.39, 0.29) is 11.9 Å². The Morgan fingerprint density at radius 1 is 1.23 bits per heavy atom. The SMILES string of the molecule is COc1ccc(-c2ccc(C)c(NC(=O)N3CCNC(=O)CC3)c2)cn1. The van der Waals surface area contributed by atoms with Crippen LogP contribution in [-0.2, 0) is 4.79 Å². The standard InChI is InChI=1S/C19H22N4O3/c1-13-3-4-14(15-5-6-18(26-2)21-12-15)11-16(13)22-19(25)23-9-7-17(24)20-8-10-23/h3-6,11-12H,7-10H2,1-2H3,(H,20,24)(H,22,25). The van der Waals surface area contributed by atoms with E-state index in [0.29, 0.717) is 31.9 Å². The first-order valence-electron chi connectivity index (χ1n) is 8.50. The number of benzene rings is 1. The van der Waals surface area contributed by atoms with Gasteiger partial charge in [-0.25, -0.2) is 9.78 Å². The molecule has 0 spiro atoms. The zero-order valence-corrected chi connectivity index (χ0v) is 14.9. The van der Waals surface area contributed by atoms with Gasteiger partial charge >= 0.3 is 6.03 Å². The van der Waals surface area contributed by atoms with Crippen LogP contribution in [0, 0.1) is 6.92 Å². The largest absolute Gasteiger partial charge is 0.481 e. The number of pyridine rings is 1. The molecule has 1 aliphatic rings. The number of aromatic nitrogens is 1. The lowest BCUT2D eigenvalue weighted by atomic mass is 10.0. The Morgan fingerprint density at radius 2 is 2.04 bits per heavy atom. The molecule has 0 bridgehead atoms. The van der Waals surface area contributed by atoms with Gasteiger partial charge in [0.2, 0.25) is 11.8 Å². The lowest BCUT2D eigenvalue weighted by molar-refractivity contribution is -0.120. The Bertz CT molecular complexity index is 805. The van der Waals surface area contributed by atoms with Crippen LogP contribution in [0.15, 0.2) is 36.5 Å². The van der Waals surface area contributed by atoms with Crippen molar-refractivity contribution >= 4 is 17.6 Å². The van der Waals surface area contributed by atoms with Crippen LogP contribution in [0.2, 0.25) is 0 Å². The van der Waals surface area contributed by atoms with Crippen molar-refractivity contribution in [2.75, 3.05) is 32.1 Å². The number of carbonyl (C=O) groups is 2. The molecule has 0 aliphatic carbocycles. The molecule has 136 valence electrons. The molecule has 3 amide bonds. The number of hydrogen-bond acceptors (Lipinski definition) is 4. The summed E-state index contributed by atoms with van der Waals surface area (Å²) in [7, 11) is 1.58. The molecule has 7 nitrogen and oxygen atoms in total. The first-order chi connectivity index (χ1) is 12.6. The van der Waals surface area contributed by atoms with E-state index >= 15 is 0 Å². The van der Waals surface area contributed by atoms with Crippen molar-refractivity contribution in [1.29, 1.82) is 0 Å². The molecule has 1 saturated heterocycles. The highest BCUT2D eigenvalue weighted by atomic mass is 16.5. The molecule has 1 fully saturated rings. The number of aryl methyl sites for hydroxylation is 1. The quantitative estimate of drug-likeness (QED) is 0.887. The van der Waals surface area contributed by atoms with Gasteiger partial charge in [0.25, 0.3) is 0 Å². The van der Waals surface area contributed by atoms with Crippen molar-refractivity contribution < 1.29 is 14.3 Å². The Hall–Kier alpha value is -3.09. The normalized spacial score (nSPS) is 14.4. The maximum atomic E-state index is 12.6. The van der Waals surface area contributed by atoms with E-state index in [2.05, 4.69) is 15.6 Å². The van der Waals surface area contributed by atoms with Crippen LogP contribution in [0.1, 0.15) is 12.0 Å². The molecular formula is C19H22N4O3. The first-order valence-corrected chi connectivity index (χ1v) is 8.50. The predicted molar refractivity (Wildman–Crippen MR) is 99.2 cm³/mol. The van der Waals surface area contributed by atoms with Gasteiger partial charge in [0.1, 0.15) is 0 Å². The number of hydrogen-bond donors (Lipinski definition) is 2. The maximum absolute atomic E-state index is 12.6. The fourth-order valence-corrected chi connectivity index (χ4v) is 2.77. The second-order valence-electron chi connectivity index (χ2n) is 6.14. The second-order valence-corrected chi connectivity index (χ2v) is 6.14. The number of methoxy groups -OCH3 is 1. The van der Waals surface area contributed by atoms with Crippen LogP contribution in [0.4, 0.5) is 10.5 Å². The minimum Gasteiger partial charge on any atom is -0.481 e. The molecule has 1 aromatic heterocycles. The van der Waals surface area contributed by atoms with Crippen molar-refractivity contribution in [3.63, 3.8) is 0 Å². The summed E-state index contributed by atoms with van der Waals surface area (Å²) in [5, 5.41) is 5.72. The summed E-state index contributed by atoms with van der Waals surface area (Å²) in [4.78, 5) is 29.9. The maximum Gasteiger partial charge on any atom is 0.321 e. The molecule has 3 rings (SSSR count). The van der Waals surface area contributed by atoms with Crippen LogP contribution >= 0.6 is 0 Å². The molecule has 0 atom stereocenters. The summed E-state index contributed by atoms with van der Waals surface area (Å²) in [5.41, 5.74) is 3.60. The lowest BCUT2D eigenvalue weighted by Crippen LogP contribution is -2.37. The van der Waals surface area contributed by atoms with Gasteiger partial charge in [0, 0.05) is 49.6 Å². The van der Waals surface area contributed by atoms with Gasteiger partial charge in [0.05, 0.1) is 7.11 Å². The lowest BCUT2D eigenvalue weighted by Gasteiger charge is -2.21. The third kappa shape index (κ3) is 4.11. The highest BCUT2D eigenvalue weighted by Crippen LogP contribution is 2.26. The number of anilines is 1. The number of nitrogens with zero attached hydrogens (tertiary/aromatic N) is 2. The first kappa shape index (κ1) is 17.7. The highest BCUT2D eigenvalue weighted by molar-refractivity contribution is 5.91. The smallest absolute Gasteiger partial charge is 0.321 e. The summed E-state index contributed by atoms with van der Waals surface area (Å²) in [6.07, 6.45) is 2.06. The molecule has 1 aliphatic heterocycles. The number of ether oxygens (including phenoxy) is 1. The Labute approximate surface area is 152 Å². The molecule has 26 heavy (non-hydrogen) atoms. The topological polar surface area (TPSA) is 83.6 Å². The van der Waals surface area contributed by atoms with E-state index in [9.17, 15) is 9.59 Å². The predicted octanol–water partition coefficient (Wildman–Crippen LogP) is 2.42. The third-order valence-corrected chi connectivity index (χ3v) is 4.36. The summed E-state index contributed by atoms with van der Waals surface area (Å²) in [6.45, 7) is 3.33. The summed E-state index contributed by atoms with van der Waals surface area (Å²) in [5.74, 6) is 0.532. The average Bonchev–Trinajstić information content (AvgIpc) is 2.88. The molecule has 2 aromatic rings. The average molecular weight is 354 g/mol. The second kappa shape index (κ2) is 7.86. The Balaban J connectivity index is 1.76. The van der Waals surface area contributed by atoms with Gasteiger partial charge in [-0.2, -0.15) is 0 Å². The Kier molecular flexibility index (Phi) is 5.36. The summed E-state index contributed by atoms with van der Waals surface area (Å²) >= 11 is 0. The van der Waals surface area contributed by atoms with Gasteiger partial charge < -0.3 is 20.3 Å². The molecule has 1 aromatic carbocycles. The summed E-state index contributed by atoms with van der Waals surface area (Å²) < 4.78 is 5.08. The van der Waals surface area contributed by atoms with Crippen molar-refractivity contribution in [3.05, 3.63) is 42.1 Å². The van der Waals surface area contributed by atoms with Crippen molar-refractivity contribution in [3.8, 4) is 17.0 Å². The number of amides is 3. The summed E-state index contributed by atoms with van der Waals surface area (Å²) in [6, 6.07) is 9.40. The number of nitrogens with one attached hydrogen (secondary N) is 2. The van der Waals surface area contributed by atoms with Gasteiger partial charge in [-0.15, -0.1) is 0 Å². The third-order valence-electron chi connectivity index (χ3n) is 4.36. The van der Waals surface area contributed by atoms with Crippen molar-refractivity contribution in [2.45, 2.75) is 13.3 Å². The van der Waals surface area contributed by atoms with E-state index in [1.807, 2.05) is 31.2 Å². The molecule has 2 N–H and O–H groups in total. The van der Waals surface area contributed by atoms with Crippen LogP contribution < -0.4 is 15.4 Å². The molecule has 0 saturated carbocycles. The van der Waals surface area contributed by atoms with Gasteiger partial charge in [-0.3, -0.25) is 4.79 Å². The monoisotopic (exact) mass is 354 g/mol. The van der Waals surface area contributed by atoms with Crippen LogP contribution in [-0.4, -0.2) is 48.6 Å². The van der Waals surface area contributed by atoms with Crippen LogP contribution in [0.5, 0.6) is 5.88 Å². The van der Waals surface area contributed by atoms with E-state index < -0.39 is 0 Å². The zero-order chi connectivity index (χ0) is 18.5. The zero-order valence-electron chi connectivity index (χ0n) is 14.9. The molecule has 0 radical (unpaired) electrons. The van der Waals surface area contributed by atoms with E-state index in [0.717, 1.165) is 22.4 Å². The molecule has 2 heterocycles. The number of rotatable bonds is 3. The fourth-order valence-electron chi connectivity index (χ4n) is 2.77. The van der Waals surface area contributed by atoms with E-state index in [1.165, 1.54) is 0 Å². The number of urea groups is 1. The highest BCUT2D eigenvalue weighted by Gasteiger charge is 2.19. The molecule has 0 unspecified atom stereocenters. The number of carbonyl (C=O) groups excluding carboxylic acids is 2. The minimum absolute atomic E-state index is 0.0227. The van der Waals surface area contributed by atoms with Gasteiger partial charge in [0.15, 0.2) is 0 Å². The van der Waals surface area contributed by atoms with Gasteiger partial charge in [-0.05, 0) is 30.2 Å². The molecular weight excluding hydrogens is 332 g/mol. The Morgan fingerprint density at radius 3 is 2.77 bits per heavy atom. The fraction of sp³-hybridized carbons (Fsp3) is 0.316. The van der Waals surface area contributed by atoms with Crippen LogP contribution in [0.25, 0.3) is 11.1 Å². The van der Waals surface area contributed by atoms with Crippen LogP contribution in [0.3, 0.4) is 0 Å². The van der Waals surface area contributed by atoms with Crippen molar-refractivity contribution in [1.82, 2.24) is 15.2 Å². The van der Waals surface area contributed by atoms with Crippen molar-refractivity contribution in [2.24, 2.45) is 0 Å². The van der Waals surface area contributed by atoms with Gasteiger partial charge in [-0.1, -0.05) is 12.1 Å². The van der Waals surface area contributed by atoms with E-state index in [4.69, 9.17) is 4.74 Å².